The lowest BCUT2D eigenvalue weighted by atomic mass is 10.0. The van der Waals surface area contributed by atoms with Gasteiger partial charge in [0.05, 0.1) is 6.61 Å². The van der Waals surface area contributed by atoms with Crippen LogP contribution in [0.1, 0.15) is 19.8 Å². The van der Waals surface area contributed by atoms with Gasteiger partial charge in [-0.2, -0.15) is 0 Å². The maximum atomic E-state index is 12.2. The Balaban J connectivity index is 1.93. The monoisotopic (exact) mass is 262 g/mol. The number of carbonyl (C=O) groups excluding carboxylic acids is 1. The summed E-state index contributed by atoms with van der Waals surface area (Å²) < 4.78 is 5.40. The van der Waals surface area contributed by atoms with Crippen LogP contribution in [0.3, 0.4) is 0 Å². The number of hydrogen-bond acceptors (Lipinski definition) is 3. The highest BCUT2D eigenvalue weighted by molar-refractivity contribution is 5.93. The van der Waals surface area contributed by atoms with Crippen molar-refractivity contribution in [2.24, 2.45) is 5.92 Å². The standard InChI is InChI=1S/C15H22N2O2/c1-3-19-14-6-4-13(5-7-14)17(2)15(18)10-12-8-9-16-11-12/h4-7,12,16H,3,8-11H2,1-2H3. The van der Waals surface area contributed by atoms with Crippen LogP contribution in [0, 0.1) is 5.92 Å². The molecule has 1 aromatic carbocycles. The number of benzene rings is 1. The van der Waals surface area contributed by atoms with E-state index in [0.29, 0.717) is 18.9 Å². The van der Waals surface area contributed by atoms with Gasteiger partial charge >= 0.3 is 0 Å². The first-order valence-corrected chi connectivity index (χ1v) is 6.91. The van der Waals surface area contributed by atoms with Crippen molar-refractivity contribution in [3.05, 3.63) is 24.3 Å². The molecule has 4 nitrogen and oxygen atoms in total. The predicted molar refractivity (Wildman–Crippen MR) is 76.6 cm³/mol. The van der Waals surface area contributed by atoms with Crippen molar-refractivity contribution in [1.29, 1.82) is 0 Å². The Morgan fingerprint density at radius 3 is 2.74 bits per heavy atom. The van der Waals surface area contributed by atoms with Crippen LogP contribution in [0.5, 0.6) is 5.75 Å². The molecule has 0 radical (unpaired) electrons. The molecule has 1 aliphatic heterocycles. The molecule has 0 aromatic heterocycles. The maximum Gasteiger partial charge on any atom is 0.227 e. The first-order chi connectivity index (χ1) is 9.20. The van der Waals surface area contributed by atoms with Crippen molar-refractivity contribution in [1.82, 2.24) is 5.32 Å². The minimum atomic E-state index is 0.179. The fourth-order valence-corrected chi connectivity index (χ4v) is 2.35. The number of nitrogens with one attached hydrogen (secondary N) is 1. The van der Waals surface area contributed by atoms with Gasteiger partial charge in [-0.3, -0.25) is 4.79 Å². The second-order valence-corrected chi connectivity index (χ2v) is 4.94. The number of rotatable bonds is 5. The van der Waals surface area contributed by atoms with Crippen molar-refractivity contribution in [3.8, 4) is 5.75 Å². The largest absolute Gasteiger partial charge is 0.494 e. The van der Waals surface area contributed by atoms with Crippen LogP contribution < -0.4 is 15.0 Å². The highest BCUT2D eigenvalue weighted by Crippen LogP contribution is 2.21. The molecular weight excluding hydrogens is 240 g/mol. The van der Waals surface area contributed by atoms with Crippen molar-refractivity contribution in [3.63, 3.8) is 0 Å². The van der Waals surface area contributed by atoms with Crippen molar-refractivity contribution < 1.29 is 9.53 Å². The van der Waals surface area contributed by atoms with Gasteiger partial charge in [-0.05, 0) is 56.6 Å². The molecule has 1 fully saturated rings. The number of anilines is 1. The van der Waals surface area contributed by atoms with Crippen LogP contribution >= 0.6 is 0 Å². The van der Waals surface area contributed by atoms with E-state index in [2.05, 4.69) is 5.32 Å². The average molecular weight is 262 g/mol. The molecule has 2 rings (SSSR count). The lowest BCUT2D eigenvalue weighted by Crippen LogP contribution is -2.28. The molecule has 0 aliphatic carbocycles. The van der Waals surface area contributed by atoms with Crippen LogP contribution in [-0.2, 0) is 4.79 Å². The third-order valence-electron chi connectivity index (χ3n) is 3.53. The molecule has 1 unspecified atom stereocenters. The fourth-order valence-electron chi connectivity index (χ4n) is 2.35. The van der Waals surface area contributed by atoms with E-state index >= 15 is 0 Å². The molecule has 1 heterocycles. The Morgan fingerprint density at radius 1 is 1.42 bits per heavy atom. The van der Waals surface area contributed by atoms with E-state index < -0.39 is 0 Å². The highest BCUT2D eigenvalue weighted by atomic mass is 16.5. The minimum absolute atomic E-state index is 0.179. The number of ether oxygens (including phenoxy) is 1. The number of hydrogen-bond donors (Lipinski definition) is 1. The van der Waals surface area contributed by atoms with E-state index in [9.17, 15) is 4.79 Å². The number of amides is 1. The maximum absolute atomic E-state index is 12.2. The summed E-state index contributed by atoms with van der Waals surface area (Å²) in [5, 5.41) is 3.29. The summed E-state index contributed by atoms with van der Waals surface area (Å²) in [4.78, 5) is 13.9. The second-order valence-electron chi connectivity index (χ2n) is 4.94. The second kappa shape index (κ2) is 6.57. The molecule has 4 heteroatoms. The Kier molecular flexibility index (Phi) is 4.80. The highest BCUT2D eigenvalue weighted by Gasteiger charge is 2.20. The Bertz CT molecular complexity index is 411. The normalized spacial score (nSPS) is 18.3. The van der Waals surface area contributed by atoms with Crippen LogP contribution in [0.25, 0.3) is 0 Å². The summed E-state index contributed by atoms with van der Waals surface area (Å²) in [6.45, 7) is 4.61. The minimum Gasteiger partial charge on any atom is -0.494 e. The molecule has 19 heavy (non-hydrogen) atoms. The van der Waals surface area contributed by atoms with Crippen molar-refractivity contribution in [2.45, 2.75) is 19.8 Å². The van der Waals surface area contributed by atoms with E-state index in [-0.39, 0.29) is 5.91 Å². The molecule has 0 bridgehead atoms. The zero-order valence-electron chi connectivity index (χ0n) is 11.7. The molecule has 1 saturated heterocycles. The summed E-state index contributed by atoms with van der Waals surface area (Å²) in [5.41, 5.74) is 0.916. The van der Waals surface area contributed by atoms with E-state index in [1.165, 1.54) is 0 Å². The van der Waals surface area contributed by atoms with Gasteiger partial charge in [0.15, 0.2) is 0 Å². The zero-order chi connectivity index (χ0) is 13.7. The topological polar surface area (TPSA) is 41.6 Å². The third-order valence-corrected chi connectivity index (χ3v) is 3.53. The molecule has 1 N–H and O–H groups in total. The summed E-state index contributed by atoms with van der Waals surface area (Å²) in [6, 6.07) is 7.66. The molecule has 104 valence electrons. The molecule has 1 amide bonds. The van der Waals surface area contributed by atoms with Crippen molar-refractivity contribution >= 4 is 11.6 Å². The summed E-state index contributed by atoms with van der Waals surface area (Å²) >= 11 is 0. The van der Waals surface area contributed by atoms with Crippen molar-refractivity contribution in [2.75, 3.05) is 31.6 Å². The lowest BCUT2D eigenvalue weighted by molar-refractivity contribution is -0.119. The Labute approximate surface area is 114 Å². The van der Waals surface area contributed by atoms with Gasteiger partial charge in [-0.1, -0.05) is 0 Å². The molecule has 1 aromatic rings. The number of carbonyl (C=O) groups is 1. The Morgan fingerprint density at radius 2 is 2.16 bits per heavy atom. The van der Waals surface area contributed by atoms with Gasteiger partial charge in [-0.15, -0.1) is 0 Å². The third kappa shape index (κ3) is 3.70. The van der Waals surface area contributed by atoms with Gasteiger partial charge < -0.3 is 15.0 Å². The summed E-state index contributed by atoms with van der Waals surface area (Å²) in [6.07, 6.45) is 1.72. The average Bonchev–Trinajstić information content (AvgIpc) is 2.92. The molecule has 0 spiro atoms. The van der Waals surface area contributed by atoms with E-state index in [1.54, 1.807) is 4.90 Å². The number of nitrogens with zero attached hydrogens (tertiary/aromatic N) is 1. The molecular formula is C15H22N2O2. The van der Waals surface area contributed by atoms with Crippen LogP contribution in [0.15, 0.2) is 24.3 Å². The summed E-state index contributed by atoms with van der Waals surface area (Å²) in [7, 11) is 1.83. The van der Waals surface area contributed by atoms with E-state index in [1.807, 2.05) is 38.2 Å². The SMILES string of the molecule is CCOc1ccc(N(C)C(=O)CC2CCNC2)cc1. The summed E-state index contributed by atoms with van der Waals surface area (Å²) in [5.74, 6) is 1.50. The van der Waals surface area contributed by atoms with Gasteiger partial charge in [0.1, 0.15) is 5.75 Å². The van der Waals surface area contributed by atoms with Gasteiger partial charge in [0.2, 0.25) is 5.91 Å². The van der Waals surface area contributed by atoms with E-state index in [0.717, 1.165) is 30.9 Å². The van der Waals surface area contributed by atoms with Crippen LogP contribution in [-0.4, -0.2) is 32.7 Å². The van der Waals surface area contributed by atoms with Crippen LogP contribution in [0.4, 0.5) is 5.69 Å². The first kappa shape index (κ1) is 13.9. The van der Waals surface area contributed by atoms with Gasteiger partial charge in [0.25, 0.3) is 0 Å². The van der Waals surface area contributed by atoms with Gasteiger partial charge in [-0.25, -0.2) is 0 Å². The molecule has 1 atom stereocenters. The first-order valence-electron chi connectivity index (χ1n) is 6.91. The fraction of sp³-hybridized carbons (Fsp3) is 0.533. The zero-order valence-corrected chi connectivity index (χ0v) is 11.7. The van der Waals surface area contributed by atoms with Crippen LogP contribution in [0.2, 0.25) is 0 Å². The smallest absolute Gasteiger partial charge is 0.227 e. The Hall–Kier alpha value is -1.55. The lowest BCUT2D eigenvalue weighted by Gasteiger charge is -2.19. The predicted octanol–water partition coefficient (Wildman–Crippen LogP) is 2.05. The molecule has 0 saturated carbocycles. The van der Waals surface area contributed by atoms with Gasteiger partial charge in [0, 0.05) is 19.2 Å². The van der Waals surface area contributed by atoms with E-state index in [4.69, 9.17) is 4.74 Å². The molecule has 1 aliphatic rings. The quantitative estimate of drug-likeness (QED) is 0.883.